The molecular weight excluding hydrogens is 332 g/mol. The fourth-order valence-electron chi connectivity index (χ4n) is 3.08. The van der Waals surface area contributed by atoms with E-state index in [0.29, 0.717) is 13.0 Å². The number of aryl methyl sites for hydroxylation is 2. The Morgan fingerprint density at radius 3 is 2.38 bits per heavy atom. The van der Waals surface area contributed by atoms with Crippen molar-refractivity contribution in [2.45, 2.75) is 26.4 Å². The van der Waals surface area contributed by atoms with Crippen molar-refractivity contribution in [3.05, 3.63) is 53.3 Å². The van der Waals surface area contributed by atoms with E-state index in [0.717, 1.165) is 32.7 Å². The Balaban J connectivity index is 1.42. The summed E-state index contributed by atoms with van der Waals surface area (Å²) in [5.74, 6) is -0.966. The van der Waals surface area contributed by atoms with E-state index in [-0.39, 0.29) is 11.6 Å². The summed E-state index contributed by atoms with van der Waals surface area (Å²) in [6.07, 6.45) is 1.93. The summed E-state index contributed by atoms with van der Waals surface area (Å²) < 4.78 is 1.51. The van der Waals surface area contributed by atoms with Crippen molar-refractivity contribution >= 4 is 11.9 Å². The molecule has 1 aromatic heterocycles. The molecule has 1 saturated heterocycles. The number of hydrogen-bond acceptors (Lipinski definition) is 4. The smallest absolute Gasteiger partial charge is 0.356 e. The van der Waals surface area contributed by atoms with Crippen LogP contribution in [0.5, 0.6) is 0 Å². The molecule has 3 rings (SSSR count). The maximum atomic E-state index is 12.4. The summed E-state index contributed by atoms with van der Waals surface area (Å²) in [6.45, 7) is 6.58. The first-order valence-corrected chi connectivity index (χ1v) is 8.84. The van der Waals surface area contributed by atoms with Crippen LogP contribution in [0.2, 0.25) is 0 Å². The maximum Gasteiger partial charge on any atom is 0.356 e. The SMILES string of the molecule is Cc1ccc(CN2CCN(C(=O)CCn3ccc(C(=O)O)n3)CC2)cc1. The molecule has 1 fully saturated rings. The van der Waals surface area contributed by atoms with E-state index in [9.17, 15) is 9.59 Å². The van der Waals surface area contributed by atoms with Crippen molar-refractivity contribution in [2.75, 3.05) is 26.2 Å². The van der Waals surface area contributed by atoms with E-state index in [1.807, 2.05) is 4.90 Å². The van der Waals surface area contributed by atoms with Gasteiger partial charge in [0.1, 0.15) is 0 Å². The molecule has 1 aromatic carbocycles. The molecule has 0 unspecified atom stereocenters. The standard InChI is InChI=1S/C19H24N4O3/c1-15-2-4-16(5-3-15)14-21-10-12-22(13-11-21)18(24)7-9-23-8-6-17(20-23)19(25)26/h2-6,8H,7,9-14H2,1H3,(H,25,26). The van der Waals surface area contributed by atoms with E-state index in [4.69, 9.17) is 5.11 Å². The van der Waals surface area contributed by atoms with E-state index in [1.165, 1.54) is 21.9 Å². The Bertz CT molecular complexity index is 761. The van der Waals surface area contributed by atoms with Crippen LogP contribution in [0.1, 0.15) is 28.0 Å². The number of benzene rings is 1. The Morgan fingerprint density at radius 2 is 1.77 bits per heavy atom. The van der Waals surface area contributed by atoms with Gasteiger partial charge in [-0.1, -0.05) is 29.8 Å². The molecule has 0 radical (unpaired) electrons. The predicted octanol–water partition coefficient (Wildman–Crippen LogP) is 1.62. The van der Waals surface area contributed by atoms with Crippen LogP contribution in [0.15, 0.2) is 36.5 Å². The lowest BCUT2D eigenvalue weighted by Crippen LogP contribution is -2.48. The summed E-state index contributed by atoms with van der Waals surface area (Å²) >= 11 is 0. The van der Waals surface area contributed by atoms with Gasteiger partial charge in [0.05, 0.1) is 0 Å². The van der Waals surface area contributed by atoms with E-state index < -0.39 is 5.97 Å². The molecule has 7 nitrogen and oxygen atoms in total. The molecule has 1 aliphatic heterocycles. The quantitative estimate of drug-likeness (QED) is 0.851. The highest BCUT2D eigenvalue weighted by atomic mass is 16.4. The van der Waals surface area contributed by atoms with Crippen LogP contribution >= 0.6 is 0 Å². The Morgan fingerprint density at radius 1 is 1.08 bits per heavy atom. The lowest BCUT2D eigenvalue weighted by atomic mass is 10.1. The van der Waals surface area contributed by atoms with Crippen molar-refractivity contribution in [1.29, 1.82) is 0 Å². The van der Waals surface area contributed by atoms with Gasteiger partial charge in [0, 0.05) is 51.9 Å². The molecular formula is C19H24N4O3. The first kappa shape index (κ1) is 18.1. The lowest BCUT2D eigenvalue weighted by molar-refractivity contribution is -0.133. The second-order valence-electron chi connectivity index (χ2n) is 6.66. The third-order valence-corrected chi connectivity index (χ3v) is 4.67. The molecule has 7 heteroatoms. The van der Waals surface area contributed by atoms with Crippen LogP contribution in [-0.2, 0) is 17.9 Å². The van der Waals surface area contributed by atoms with Gasteiger partial charge in [0.25, 0.3) is 0 Å². The number of carboxylic acids is 1. The summed E-state index contributed by atoms with van der Waals surface area (Å²) in [5, 5.41) is 12.8. The van der Waals surface area contributed by atoms with Gasteiger partial charge in [0.2, 0.25) is 5.91 Å². The molecule has 2 aromatic rings. The molecule has 0 spiro atoms. The monoisotopic (exact) mass is 356 g/mol. The van der Waals surface area contributed by atoms with Crippen molar-refractivity contribution in [2.24, 2.45) is 0 Å². The molecule has 2 heterocycles. The molecule has 0 saturated carbocycles. The van der Waals surface area contributed by atoms with Crippen molar-refractivity contribution in [3.8, 4) is 0 Å². The van der Waals surface area contributed by atoms with Gasteiger partial charge >= 0.3 is 5.97 Å². The largest absolute Gasteiger partial charge is 0.476 e. The van der Waals surface area contributed by atoms with Gasteiger partial charge in [-0.2, -0.15) is 5.10 Å². The third kappa shape index (κ3) is 4.70. The van der Waals surface area contributed by atoms with Crippen LogP contribution in [0.3, 0.4) is 0 Å². The molecule has 0 bridgehead atoms. The molecule has 0 aliphatic carbocycles. The fraction of sp³-hybridized carbons (Fsp3) is 0.421. The summed E-state index contributed by atoms with van der Waals surface area (Å²) in [4.78, 5) is 27.4. The van der Waals surface area contributed by atoms with Gasteiger partial charge in [-0.15, -0.1) is 0 Å². The highest BCUT2D eigenvalue weighted by molar-refractivity contribution is 5.85. The van der Waals surface area contributed by atoms with Gasteiger partial charge in [-0.25, -0.2) is 4.79 Å². The average molecular weight is 356 g/mol. The number of nitrogens with zero attached hydrogens (tertiary/aromatic N) is 4. The Kier molecular flexibility index (Phi) is 5.68. The minimum Gasteiger partial charge on any atom is -0.476 e. The van der Waals surface area contributed by atoms with Crippen molar-refractivity contribution in [3.63, 3.8) is 0 Å². The molecule has 1 amide bonds. The number of amides is 1. The highest BCUT2D eigenvalue weighted by Gasteiger charge is 2.21. The molecule has 26 heavy (non-hydrogen) atoms. The van der Waals surface area contributed by atoms with E-state index >= 15 is 0 Å². The second kappa shape index (κ2) is 8.14. The molecule has 1 aliphatic rings. The van der Waals surface area contributed by atoms with Gasteiger partial charge in [0.15, 0.2) is 5.69 Å². The van der Waals surface area contributed by atoms with Crippen LogP contribution < -0.4 is 0 Å². The van der Waals surface area contributed by atoms with Crippen LogP contribution in [0.4, 0.5) is 0 Å². The zero-order chi connectivity index (χ0) is 18.5. The minimum absolute atomic E-state index is 0.00201. The number of aromatic nitrogens is 2. The van der Waals surface area contributed by atoms with Crippen molar-refractivity contribution in [1.82, 2.24) is 19.6 Å². The normalized spacial score (nSPS) is 15.2. The summed E-state index contributed by atoms with van der Waals surface area (Å²) in [6, 6.07) is 10.0. The number of hydrogen-bond donors (Lipinski definition) is 1. The lowest BCUT2D eigenvalue weighted by Gasteiger charge is -2.34. The first-order chi connectivity index (χ1) is 12.5. The van der Waals surface area contributed by atoms with Gasteiger partial charge in [-0.3, -0.25) is 14.4 Å². The van der Waals surface area contributed by atoms with Gasteiger partial charge in [-0.05, 0) is 18.6 Å². The van der Waals surface area contributed by atoms with Crippen LogP contribution in [-0.4, -0.2) is 62.7 Å². The molecule has 0 atom stereocenters. The highest BCUT2D eigenvalue weighted by Crippen LogP contribution is 2.11. The number of rotatable bonds is 6. The molecule has 138 valence electrons. The Hall–Kier alpha value is -2.67. The topological polar surface area (TPSA) is 78.7 Å². The van der Waals surface area contributed by atoms with Crippen molar-refractivity contribution < 1.29 is 14.7 Å². The van der Waals surface area contributed by atoms with Crippen LogP contribution in [0, 0.1) is 6.92 Å². The molecule has 1 N–H and O–H groups in total. The number of carboxylic acid groups (broad SMARTS) is 1. The fourth-order valence-corrected chi connectivity index (χ4v) is 3.08. The summed E-state index contributed by atoms with van der Waals surface area (Å²) in [5.41, 5.74) is 2.56. The number of piperazine rings is 1. The number of aromatic carboxylic acids is 1. The predicted molar refractivity (Wildman–Crippen MR) is 96.8 cm³/mol. The third-order valence-electron chi connectivity index (χ3n) is 4.67. The van der Waals surface area contributed by atoms with Crippen LogP contribution in [0.25, 0.3) is 0 Å². The van der Waals surface area contributed by atoms with Gasteiger partial charge < -0.3 is 10.0 Å². The van der Waals surface area contributed by atoms with E-state index in [1.54, 1.807) is 6.20 Å². The minimum atomic E-state index is -1.06. The zero-order valence-electron chi connectivity index (χ0n) is 15.0. The number of carbonyl (C=O) groups is 2. The number of carbonyl (C=O) groups excluding carboxylic acids is 1. The second-order valence-corrected chi connectivity index (χ2v) is 6.66. The first-order valence-electron chi connectivity index (χ1n) is 8.84. The Labute approximate surface area is 152 Å². The zero-order valence-corrected chi connectivity index (χ0v) is 15.0. The summed E-state index contributed by atoms with van der Waals surface area (Å²) in [7, 11) is 0. The maximum absolute atomic E-state index is 12.4. The van der Waals surface area contributed by atoms with E-state index in [2.05, 4.69) is 41.2 Å². The average Bonchev–Trinajstić information content (AvgIpc) is 3.12.